The third-order valence-electron chi connectivity index (χ3n) is 0.610. The maximum Gasteiger partial charge on any atom is 0.335 e. The lowest BCUT2D eigenvalue weighted by atomic mass is 10.7. The van der Waals surface area contributed by atoms with E-state index in [0.717, 1.165) is 0 Å². The third kappa shape index (κ3) is 12.2. The fraction of sp³-hybridized carbons (Fsp3) is 0.167. The van der Waals surface area contributed by atoms with Gasteiger partial charge in [0.05, 0.1) is 0 Å². The Kier molecular flexibility index (Phi) is 10.3. The Bertz CT molecular complexity index is 150. The van der Waals surface area contributed by atoms with Gasteiger partial charge in [-0.2, -0.15) is 0 Å². The molecule has 64 valence electrons. The Morgan fingerprint density at radius 2 is 1.82 bits per heavy atom. The monoisotopic (exact) mass is 181 g/mol. The summed E-state index contributed by atoms with van der Waals surface area (Å²) in [7, 11) is 0. The van der Waals surface area contributed by atoms with Crippen molar-refractivity contribution in [1.29, 1.82) is 0 Å². The van der Waals surface area contributed by atoms with Gasteiger partial charge in [0.1, 0.15) is 0 Å². The molecular formula is C6H9ClFNO2. The predicted molar refractivity (Wildman–Crippen MR) is 41.7 cm³/mol. The summed E-state index contributed by atoms with van der Waals surface area (Å²) in [5.74, 6) is -1.41. The Hall–Kier alpha value is -1.03. The minimum Gasteiger partial charge on any atom is -0.479 e. The highest BCUT2D eigenvalue weighted by Gasteiger charge is 1.85. The van der Waals surface area contributed by atoms with Crippen LogP contribution in [0.15, 0.2) is 24.5 Å². The normalized spacial score (nSPS) is 7.00. The number of rotatable bonds is 1. The van der Waals surface area contributed by atoms with Gasteiger partial charge in [-0.1, -0.05) is 0 Å². The van der Waals surface area contributed by atoms with Crippen molar-refractivity contribution in [3.8, 4) is 0 Å². The highest BCUT2D eigenvalue weighted by atomic mass is 35.5. The van der Waals surface area contributed by atoms with Crippen molar-refractivity contribution in [3.05, 3.63) is 24.5 Å². The van der Waals surface area contributed by atoms with Gasteiger partial charge in [-0.15, -0.1) is 12.4 Å². The van der Waals surface area contributed by atoms with Crippen LogP contribution >= 0.6 is 12.4 Å². The van der Waals surface area contributed by atoms with Crippen LogP contribution in [-0.2, 0) is 4.79 Å². The molecule has 0 aliphatic heterocycles. The van der Waals surface area contributed by atoms with Gasteiger partial charge in [0.15, 0.2) is 6.67 Å². The highest BCUT2D eigenvalue weighted by molar-refractivity contribution is 5.85. The van der Waals surface area contributed by atoms with Gasteiger partial charge in [-0.05, 0) is 12.1 Å². The number of carboxylic acid groups (broad SMARTS) is 1. The molecule has 3 nitrogen and oxygen atoms in total. The lowest BCUT2D eigenvalue weighted by Crippen LogP contribution is -1.93. The number of aliphatic carboxylic acids is 1. The quantitative estimate of drug-likeness (QED) is 0.690. The lowest BCUT2D eigenvalue weighted by Gasteiger charge is -1.69. The Labute approximate surface area is 69.7 Å². The van der Waals surface area contributed by atoms with Gasteiger partial charge in [0.2, 0.25) is 0 Å². The number of aromatic amines is 1. The third-order valence-corrected chi connectivity index (χ3v) is 0.610. The minimum absolute atomic E-state index is 0. The van der Waals surface area contributed by atoms with E-state index in [2.05, 4.69) is 4.98 Å². The Morgan fingerprint density at radius 1 is 1.45 bits per heavy atom. The molecule has 0 atom stereocenters. The van der Waals surface area contributed by atoms with Crippen LogP contribution in [0.2, 0.25) is 0 Å². The summed E-state index contributed by atoms with van der Waals surface area (Å²) in [6.45, 7) is -1.28. The predicted octanol–water partition coefficient (Wildman–Crippen LogP) is 1.48. The van der Waals surface area contributed by atoms with Crippen molar-refractivity contribution in [1.82, 2.24) is 4.98 Å². The molecule has 11 heavy (non-hydrogen) atoms. The molecule has 2 N–H and O–H groups in total. The first-order valence-corrected chi connectivity index (χ1v) is 2.63. The maximum atomic E-state index is 10.5. The van der Waals surface area contributed by atoms with E-state index in [0.29, 0.717) is 0 Å². The first-order chi connectivity index (χ1) is 4.77. The molecule has 0 fully saturated rings. The van der Waals surface area contributed by atoms with Crippen LogP contribution in [-0.4, -0.2) is 22.7 Å². The standard InChI is InChI=1S/C4H5N.C2H3FO2.ClH/c1-2-4-5-3-1;3-1-2(4)5;/h1-5H;1H2,(H,4,5);1H. The van der Waals surface area contributed by atoms with E-state index >= 15 is 0 Å². The number of carboxylic acids is 1. The van der Waals surface area contributed by atoms with E-state index in [1.165, 1.54) is 0 Å². The zero-order chi connectivity index (χ0) is 7.82. The zero-order valence-electron chi connectivity index (χ0n) is 5.66. The second kappa shape index (κ2) is 8.97. The lowest BCUT2D eigenvalue weighted by molar-refractivity contribution is -0.137. The van der Waals surface area contributed by atoms with Crippen molar-refractivity contribution in [2.45, 2.75) is 0 Å². The number of aromatic nitrogens is 1. The smallest absolute Gasteiger partial charge is 0.335 e. The summed E-state index contributed by atoms with van der Waals surface area (Å²) in [6.07, 6.45) is 3.75. The van der Waals surface area contributed by atoms with E-state index in [1.54, 1.807) is 0 Å². The molecule has 0 aliphatic rings. The summed E-state index contributed by atoms with van der Waals surface area (Å²) in [4.78, 5) is 11.9. The SMILES string of the molecule is Cl.O=C(O)CF.c1cc[nH]c1. The van der Waals surface area contributed by atoms with E-state index in [9.17, 15) is 4.39 Å². The molecule has 0 radical (unpaired) electrons. The average molecular weight is 182 g/mol. The Balaban J connectivity index is 0. The highest BCUT2D eigenvalue weighted by Crippen LogP contribution is 1.72. The van der Waals surface area contributed by atoms with Crippen LogP contribution < -0.4 is 0 Å². The molecule has 1 aromatic rings. The Morgan fingerprint density at radius 3 is 1.91 bits per heavy atom. The van der Waals surface area contributed by atoms with Gasteiger partial charge in [0.25, 0.3) is 0 Å². The molecule has 5 heteroatoms. The van der Waals surface area contributed by atoms with Crippen LogP contribution in [0.25, 0.3) is 0 Å². The number of hydrogen-bond donors (Lipinski definition) is 2. The van der Waals surface area contributed by atoms with Crippen molar-refractivity contribution in [2.24, 2.45) is 0 Å². The molecule has 0 spiro atoms. The molecule has 1 rings (SSSR count). The second-order valence-corrected chi connectivity index (χ2v) is 1.41. The van der Waals surface area contributed by atoms with Gasteiger partial charge in [-0.25, -0.2) is 9.18 Å². The maximum absolute atomic E-state index is 10.5. The fourth-order valence-corrected chi connectivity index (χ4v) is 0.278. The van der Waals surface area contributed by atoms with Crippen LogP contribution in [0.1, 0.15) is 0 Å². The van der Waals surface area contributed by atoms with Gasteiger partial charge in [-0.3, -0.25) is 0 Å². The summed E-state index contributed by atoms with van der Waals surface area (Å²) >= 11 is 0. The fourth-order valence-electron chi connectivity index (χ4n) is 0.278. The molecular weight excluding hydrogens is 173 g/mol. The van der Waals surface area contributed by atoms with Crippen LogP contribution in [0.5, 0.6) is 0 Å². The number of carbonyl (C=O) groups is 1. The van der Waals surface area contributed by atoms with E-state index in [-0.39, 0.29) is 12.4 Å². The molecule has 0 unspecified atom stereocenters. The van der Waals surface area contributed by atoms with Crippen molar-refractivity contribution < 1.29 is 14.3 Å². The van der Waals surface area contributed by atoms with Gasteiger partial charge >= 0.3 is 5.97 Å². The summed E-state index contributed by atoms with van der Waals surface area (Å²) in [5, 5.41) is 7.35. The van der Waals surface area contributed by atoms with E-state index in [4.69, 9.17) is 9.90 Å². The van der Waals surface area contributed by atoms with Crippen LogP contribution in [0.3, 0.4) is 0 Å². The summed E-state index contributed by atoms with van der Waals surface area (Å²) in [5.41, 5.74) is 0. The van der Waals surface area contributed by atoms with Gasteiger partial charge in [0, 0.05) is 12.4 Å². The first kappa shape index (κ1) is 12.6. The number of nitrogens with one attached hydrogen (secondary N) is 1. The summed E-state index contributed by atoms with van der Waals surface area (Å²) in [6, 6.07) is 3.89. The zero-order valence-corrected chi connectivity index (χ0v) is 6.47. The number of H-pyrrole nitrogens is 1. The summed E-state index contributed by atoms with van der Waals surface area (Å²) < 4.78 is 10.5. The largest absolute Gasteiger partial charge is 0.479 e. The second-order valence-electron chi connectivity index (χ2n) is 1.41. The van der Waals surface area contributed by atoms with Gasteiger partial charge < -0.3 is 10.1 Å². The molecule has 0 saturated heterocycles. The molecule has 1 heterocycles. The molecule has 0 amide bonds. The minimum atomic E-state index is -1.41. The molecule has 0 saturated carbocycles. The van der Waals surface area contributed by atoms with E-state index in [1.807, 2.05) is 24.5 Å². The molecule has 0 bridgehead atoms. The topological polar surface area (TPSA) is 53.1 Å². The molecule has 0 aliphatic carbocycles. The van der Waals surface area contributed by atoms with Crippen molar-refractivity contribution >= 4 is 18.4 Å². The van der Waals surface area contributed by atoms with Crippen LogP contribution in [0.4, 0.5) is 4.39 Å². The van der Waals surface area contributed by atoms with Crippen molar-refractivity contribution in [3.63, 3.8) is 0 Å². The van der Waals surface area contributed by atoms with E-state index < -0.39 is 12.6 Å². The number of hydrogen-bond acceptors (Lipinski definition) is 1. The van der Waals surface area contributed by atoms with Crippen molar-refractivity contribution in [2.75, 3.05) is 6.67 Å². The number of alkyl halides is 1. The molecule has 0 aromatic carbocycles. The molecule has 1 aromatic heterocycles. The van der Waals surface area contributed by atoms with Crippen LogP contribution in [0, 0.1) is 0 Å². The first-order valence-electron chi connectivity index (χ1n) is 2.63. The average Bonchev–Trinajstić information content (AvgIpc) is 2.43. The number of halogens is 2.